The van der Waals surface area contributed by atoms with Gasteiger partial charge in [0.15, 0.2) is 6.61 Å². The van der Waals surface area contributed by atoms with Crippen molar-refractivity contribution in [2.45, 2.75) is 13.8 Å². The number of carbonyl (C=O) groups excluding carboxylic acids is 2. The first-order valence-electron chi connectivity index (χ1n) is 10.2. The van der Waals surface area contributed by atoms with E-state index in [1.165, 1.54) is 0 Å². The second-order valence-corrected chi connectivity index (χ2v) is 7.15. The molecule has 0 spiro atoms. The first-order chi connectivity index (χ1) is 15.5. The van der Waals surface area contributed by atoms with E-state index in [9.17, 15) is 9.59 Å². The van der Waals surface area contributed by atoms with Crippen molar-refractivity contribution in [3.63, 3.8) is 0 Å². The lowest BCUT2D eigenvalue weighted by atomic mass is 10.1. The van der Waals surface area contributed by atoms with E-state index in [-0.39, 0.29) is 6.61 Å². The summed E-state index contributed by atoms with van der Waals surface area (Å²) < 4.78 is 16.6. The molecule has 0 aromatic heterocycles. The van der Waals surface area contributed by atoms with E-state index < -0.39 is 11.8 Å². The van der Waals surface area contributed by atoms with Crippen LogP contribution in [-0.4, -0.2) is 31.6 Å². The molecule has 0 radical (unpaired) electrons. The van der Waals surface area contributed by atoms with Crippen LogP contribution in [0.2, 0.25) is 0 Å². The van der Waals surface area contributed by atoms with E-state index in [1.54, 1.807) is 24.3 Å². The Labute approximate surface area is 187 Å². The van der Waals surface area contributed by atoms with Crippen LogP contribution in [0.15, 0.2) is 72.8 Å². The van der Waals surface area contributed by atoms with Crippen molar-refractivity contribution < 1.29 is 23.8 Å². The average molecular weight is 434 g/mol. The number of hydrazine groups is 1. The zero-order valence-electron chi connectivity index (χ0n) is 18.1. The lowest BCUT2D eigenvalue weighted by Gasteiger charge is -2.11. The van der Waals surface area contributed by atoms with Crippen LogP contribution in [-0.2, 0) is 4.79 Å². The number of aryl methyl sites for hydroxylation is 2. The maximum atomic E-state index is 12.2. The van der Waals surface area contributed by atoms with Crippen LogP contribution in [0.3, 0.4) is 0 Å². The molecule has 0 saturated heterocycles. The molecule has 0 bridgehead atoms. The molecule has 3 aromatic rings. The molecular formula is C25H26N2O5. The van der Waals surface area contributed by atoms with E-state index in [0.29, 0.717) is 30.3 Å². The van der Waals surface area contributed by atoms with Crippen LogP contribution >= 0.6 is 0 Å². The number of rotatable bonds is 9. The van der Waals surface area contributed by atoms with Crippen molar-refractivity contribution in [1.82, 2.24) is 10.9 Å². The Morgan fingerprint density at radius 3 is 1.91 bits per heavy atom. The molecular weight excluding hydrogens is 408 g/mol. The molecule has 32 heavy (non-hydrogen) atoms. The molecule has 2 N–H and O–H groups in total. The molecule has 166 valence electrons. The van der Waals surface area contributed by atoms with Gasteiger partial charge in [0, 0.05) is 5.56 Å². The fourth-order valence-electron chi connectivity index (χ4n) is 2.94. The van der Waals surface area contributed by atoms with E-state index in [4.69, 9.17) is 14.2 Å². The van der Waals surface area contributed by atoms with Gasteiger partial charge in [-0.2, -0.15) is 0 Å². The number of para-hydroxylation sites is 1. The van der Waals surface area contributed by atoms with Gasteiger partial charge in [-0.15, -0.1) is 0 Å². The first-order valence-corrected chi connectivity index (χ1v) is 10.2. The van der Waals surface area contributed by atoms with Gasteiger partial charge in [-0.05, 0) is 73.5 Å². The zero-order valence-corrected chi connectivity index (χ0v) is 18.1. The predicted octanol–water partition coefficient (Wildman–Crippen LogP) is 3.60. The number of nitrogens with one attached hydrogen (secondary N) is 2. The van der Waals surface area contributed by atoms with Crippen molar-refractivity contribution in [2.24, 2.45) is 0 Å². The molecule has 0 unspecified atom stereocenters. The lowest BCUT2D eigenvalue weighted by Crippen LogP contribution is -2.43. The normalized spacial score (nSPS) is 10.2. The van der Waals surface area contributed by atoms with Gasteiger partial charge in [-0.1, -0.05) is 24.3 Å². The lowest BCUT2D eigenvalue weighted by molar-refractivity contribution is -0.123. The highest BCUT2D eigenvalue weighted by atomic mass is 16.5. The van der Waals surface area contributed by atoms with Gasteiger partial charge in [0.05, 0.1) is 0 Å². The molecule has 0 fully saturated rings. The molecule has 3 aromatic carbocycles. The summed E-state index contributed by atoms with van der Waals surface area (Å²) in [6.07, 6.45) is 0. The minimum Gasteiger partial charge on any atom is -0.490 e. The summed E-state index contributed by atoms with van der Waals surface area (Å²) in [5, 5.41) is 0. The number of hydrogen-bond donors (Lipinski definition) is 2. The summed E-state index contributed by atoms with van der Waals surface area (Å²) in [5.74, 6) is 1.10. The zero-order chi connectivity index (χ0) is 22.8. The largest absolute Gasteiger partial charge is 0.490 e. The third-order valence-electron chi connectivity index (χ3n) is 4.36. The molecule has 7 heteroatoms. The second-order valence-electron chi connectivity index (χ2n) is 7.15. The standard InChI is InChI=1S/C25H26N2O5/c1-18-14-19(2)16-23(15-18)32-17-24(28)26-27-25(29)20-8-10-22(11-9-20)31-13-12-30-21-6-4-3-5-7-21/h3-11,14-16H,12-13,17H2,1-2H3,(H,26,28)(H,27,29). The Morgan fingerprint density at radius 2 is 1.28 bits per heavy atom. The van der Waals surface area contributed by atoms with Crippen molar-refractivity contribution in [3.8, 4) is 17.2 Å². The Kier molecular flexibility index (Phi) is 8.09. The summed E-state index contributed by atoms with van der Waals surface area (Å²) in [4.78, 5) is 24.2. The Balaban J connectivity index is 1.37. The molecule has 0 aliphatic heterocycles. The SMILES string of the molecule is Cc1cc(C)cc(OCC(=O)NNC(=O)c2ccc(OCCOc3ccccc3)cc2)c1. The summed E-state index contributed by atoms with van der Waals surface area (Å²) in [7, 11) is 0. The van der Waals surface area contributed by atoms with Crippen LogP contribution in [0.25, 0.3) is 0 Å². The van der Waals surface area contributed by atoms with Crippen molar-refractivity contribution in [3.05, 3.63) is 89.5 Å². The van der Waals surface area contributed by atoms with Gasteiger partial charge in [0.25, 0.3) is 11.8 Å². The quantitative estimate of drug-likeness (QED) is 0.397. The van der Waals surface area contributed by atoms with Crippen LogP contribution in [0.5, 0.6) is 17.2 Å². The fourth-order valence-corrected chi connectivity index (χ4v) is 2.94. The van der Waals surface area contributed by atoms with Crippen LogP contribution in [0.4, 0.5) is 0 Å². The molecule has 3 rings (SSSR count). The van der Waals surface area contributed by atoms with Crippen LogP contribution < -0.4 is 25.1 Å². The molecule has 2 amide bonds. The highest BCUT2D eigenvalue weighted by Crippen LogP contribution is 2.16. The van der Waals surface area contributed by atoms with Gasteiger partial charge in [-0.3, -0.25) is 20.4 Å². The average Bonchev–Trinajstić information content (AvgIpc) is 2.79. The molecule has 0 aliphatic rings. The van der Waals surface area contributed by atoms with Gasteiger partial charge in [0.2, 0.25) is 0 Å². The smallest absolute Gasteiger partial charge is 0.276 e. The topological polar surface area (TPSA) is 85.9 Å². The molecule has 7 nitrogen and oxygen atoms in total. The monoisotopic (exact) mass is 434 g/mol. The van der Waals surface area contributed by atoms with Gasteiger partial charge >= 0.3 is 0 Å². The third kappa shape index (κ3) is 7.36. The maximum Gasteiger partial charge on any atom is 0.276 e. The Bertz CT molecular complexity index is 1020. The van der Waals surface area contributed by atoms with E-state index >= 15 is 0 Å². The van der Waals surface area contributed by atoms with Crippen molar-refractivity contribution >= 4 is 11.8 Å². The maximum absolute atomic E-state index is 12.2. The summed E-state index contributed by atoms with van der Waals surface area (Å²) in [6.45, 7) is 4.48. The third-order valence-corrected chi connectivity index (χ3v) is 4.36. The van der Waals surface area contributed by atoms with Gasteiger partial charge < -0.3 is 14.2 Å². The first kappa shape index (κ1) is 22.7. The number of amides is 2. The number of benzene rings is 3. The molecule has 0 aliphatic carbocycles. The van der Waals surface area contributed by atoms with Gasteiger partial charge in [0.1, 0.15) is 30.5 Å². The molecule has 0 heterocycles. The number of ether oxygens (including phenoxy) is 3. The Morgan fingerprint density at radius 1 is 0.688 bits per heavy atom. The van der Waals surface area contributed by atoms with E-state index in [1.807, 2.05) is 62.4 Å². The summed E-state index contributed by atoms with van der Waals surface area (Å²) in [5.41, 5.74) is 7.18. The van der Waals surface area contributed by atoms with Crippen LogP contribution in [0, 0.1) is 13.8 Å². The van der Waals surface area contributed by atoms with E-state index in [0.717, 1.165) is 16.9 Å². The number of carbonyl (C=O) groups is 2. The van der Waals surface area contributed by atoms with Crippen LogP contribution in [0.1, 0.15) is 21.5 Å². The van der Waals surface area contributed by atoms with Crippen molar-refractivity contribution in [2.75, 3.05) is 19.8 Å². The highest BCUT2D eigenvalue weighted by molar-refractivity contribution is 5.95. The van der Waals surface area contributed by atoms with Crippen molar-refractivity contribution in [1.29, 1.82) is 0 Å². The van der Waals surface area contributed by atoms with Gasteiger partial charge in [-0.25, -0.2) is 0 Å². The highest BCUT2D eigenvalue weighted by Gasteiger charge is 2.09. The number of hydrogen-bond acceptors (Lipinski definition) is 5. The Hall–Kier alpha value is -4.00. The fraction of sp³-hybridized carbons (Fsp3) is 0.200. The molecule has 0 saturated carbocycles. The minimum atomic E-state index is -0.462. The molecule has 0 atom stereocenters. The second kappa shape index (κ2) is 11.4. The predicted molar refractivity (Wildman–Crippen MR) is 121 cm³/mol. The summed E-state index contributed by atoms with van der Waals surface area (Å²) in [6, 6.07) is 21.8. The van der Waals surface area contributed by atoms with E-state index in [2.05, 4.69) is 10.9 Å². The summed E-state index contributed by atoms with van der Waals surface area (Å²) >= 11 is 0. The minimum absolute atomic E-state index is 0.207.